The maximum Gasteiger partial charge on any atom is 0.155 e. The second kappa shape index (κ2) is 5.49. The summed E-state index contributed by atoms with van der Waals surface area (Å²) in [6.45, 7) is 4.17. The minimum absolute atomic E-state index is 0.243. The molecule has 1 atom stereocenters. The van der Waals surface area contributed by atoms with Crippen LogP contribution in [-0.2, 0) is 6.42 Å². The van der Waals surface area contributed by atoms with Crippen LogP contribution in [0.15, 0.2) is 36.5 Å². The van der Waals surface area contributed by atoms with E-state index in [1.807, 2.05) is 13.1 Å². The van der Waals surface area contributed by atoms with E-state index < -0.39 is 0 Å². The first-order valence-electron chi connectivity index (χ1n) is 8.80. The highest BCUT2D eigenvalue weighted by Gasteiger charge is 2.29. The van der Waals surface area contributed by atoms with Crippen molar-refractivity contribution < 1.29 is 4.39 Å². The molecule has 0 amide bonds. The number of H-pyrrole nitrogens is 1. The SMILES string of the molecule is Cc1cc(-c2c(-c3ccc(F)cc3)nn3c2CC[C@H]3C)c2cn[nH]c2n1. The number of nitrogens with zero attached hydrogens (tertiary/aromatic N) is 4. The van der Waals surface area contributed by atoms with Crippen molar-refractivity contribution in [3.05, 3.63) is 53.7 Å². The van der Waals surface area contributed by atoms with Crippen LogP contribution in [0, 0.1) is 12.7 Å². The third-order valence-electron chi connectivity index (χ3n) is 5.16. The van der Waals surface area contributed by atoms with Crippen LogP contribution in [0.5, 0.6) is 0 Å². The number of pyridine rings is 1. The molecule has 4 aromatic rings. The number of halogens is 1. The van der Waals surface area contributed by atoms with Crippen molar-refractivity contribution in [3.8, 4) is 22.4 Å². The van der Waals surface area contributed by atoms with Gasteiger partial charge in [-0.3, -0.25) is 9.78 Å². The second-order valence-electron chi connectivity index (χ2n) is 6.95. The van der Waals surface area contributed by atoms with Gasteiger partial charge in [0.25, 0.3) is 0 Å². The molecule has 0 spiro atoms. The minimum Gasteiger partial charge on any atom is -0.266 e. The molecule has 0 saturated heterocycles. The Bertz CT molecular complexity index is 1120. The fraction of sp³-hybridized carbons (Fsp3) is 0.250. The lowest BCUT2D eigenvalue weighted by Gasteiger charge is -2.08. The van der Waals surface area contributed by atoms with Crippen LogP contribution < -0.4 is 0 Å². The maximum atomic E-state index is 13.4. The predicted octanol–water partition coefficient (Wildman–Crippen LogP) is 4.44. The topological polar surface area (TPSA) is 59.4 Å². The molecule has 0 saturated carbocycles. The molecule has 1 aliphatic rings. The van der Waals surface area contributed by atoms with Crippen LogP contribution in [-0.4, -0.2) is 25.0 Å². The lowest BCUT2D eigenvalue weighted by Crippen LogP contribution is -2.00. The molecule has 0 bridgehead atoms. The Labute approximate surface area is 149 Å². The summed E-state index contributed by atoms with van der Waals surface area (Å²) in [5.41, 5.74) is 6.92. The molecule has 1 aromatic carbocycles. The number of benzene rings is 1. The van der Waals surface area contributed by atoms with Crippen molar-refractivity contribution in [3.63, 3.8) is 0 Å². The largest absolute Gasteiger partial charge is 0.266 e. The molecule has 0 radical (unpaired) electrons. The standard InChI is InChI=1S/C20H18FN5/c1-11-9-15(16-10-22-24-20(16)23-11)18-17-8-3-12(2)26(17)25-19(18)13-4-6-14(21)7-5-13/h4-7,9-10,12H,3,8H2,1-2H3,(H,22,23,24)/t12-/m1/s1. The Morgan fingerprint density at radius 2 is 2.04 bits per heavy atom. The van der Waals surface area contributed by atoms with Crippen LogP contribution in [0.3, 0.4) is 0 Å². The Morgan fingerprint density at radius 1 is 1.23 bits per heavy atom. The number of aromatic amines is 1. The van der Waals surface area contributed by atoms with Crippen molar-refractivity contribution in [2.75, 3.05) is 0 Å². The van der Waals surface area contributed by atoms with Gasteiger partial charge in [-0.25, -0.2) is 9.37 Å². The summed E-state index contributed by atoms with van der Waals surface area (Å²) in [4.78, 5) is 4.53. The number of hydrogen-bond acceptors (Lipinski definition) is 3. The summed E-state index contributed by atoms with van der Waals surface area (Å²) in [6.07, 6.45) is 3.87. The van der Waals surface area contributed by atoms with Gasteiger partial charge in [-0.05, 0) is 57.0 Å². The van der Waals surface area contributed by atoms with Gasteiger partial charge in [0.1, 0.15) is 11.5 Å². The molecule has 1 aliphatic heterocycles. The molecule has 0 aliphatic carbocycles. The van der Waals surface area contributed by atoms with Gasteiger partial charge in [0.15, 0.2) is 5.65 Å². The highest BCUT2D eigenvalue weighted by Crippen LogP contribution is 2.42. The molecule has 26 heavy (non-hydrogen) atoms. The highest BCUT2D eigenvalue weighted by atomic mass is 19.1. The van der Waals surface area contributed by atoms with Crippen LogP contribution in [0.1, 0.15) is 30.8 Å². The third-order valence-corrected chi connectivity index (χ3v) is 5.16. The Hall–Kier alpha value is -3.02. The molecule has 1 N–H and O–H groups in total. The second-order valence-corrected chi connectivity index (χ2v) is 6.95. The van der Waals surface area contributed by atoms with E-state index in [0.717, 1.165) is 52.0 Å². The number of aromatic nitrogens is 5. The van der Waals surface area contributed by atoms with Crippen LogP contribution in [0.2, 0.25) is 0 Å². The van der Waals surface area contributed by atoms with Crippen LogP contribution >= 0.6 is 0 Å². The molecule has 130 valence electrons. The van der Waals surface area contributed by atoms with E-state index >= 15 is 0 Å². The van der Waals surface area contributed by atoms with Crippen LogP contribution in [0.4, 0.5) is 4.39 Å². The van der Waals surface area contributed by atoms with Gasteiger partial charge in [-0.1, -0.05) is 0 Å². The van der Waals surface area contributed by atoms with Crippen molar-refractivity contribution >= 4 is 11.0 Å². The first-order valence-corrected chi connectivity index (χ1v) is 8.80. The molecule has 0 unspecified atom stereocenters. The molecule has 3 aromatic heterocycles. The van der Waals surface area contributed by atoms with Gasteiger partial charge in [0.2, 0.25) is 0 Å². The zero-order chi connectivity index (χ0) is 17.8. The van der Waals surface area contributed by atoms with E-state index in [4.69, 9.17) is 5.10 Å². The van der Waals surface area contributed by atoms with Crippen LogP contribution in [0.25, 0.3) is 33.4 Å². The summed E-state index contributed by atoms with van der Waals surface area (Å²) >= 11 is 0. The van der Waals surface area contributed by atoms with Crippen molar-refractivity contribution in [1.82, 2.24) is 25.0 Å². The molecule has 0 fully saturated rings. The van der Waals surface area contributed by atoms with Gasteiger partial charge >= 0.3 is 0 Å². The number of hydrogen-bond donors (Lipinski definition) is 1. The van der Waals surface area contributed by atoms with E-state index in [9.17, 15) is 4.39 Å². The first kappa shape index (κ1) is 15.3. The normalized spacial score (nSPS) is 16.3. The molecular formula is C20H18FN5. The monoisotopic (exact) mass is 347 g/mol. The van der Waals surface area contributed by atoms with Gasteiger partial charge in [-0.15, -0.1) is 0 Å². The fourth-order valence-electron chi connectivity index (χ4n) is 3.90. The fourth-order valence-corrected chi connectivity index (χ4v) is 3.90. The number of nitrogens with one attached hydrogen (secondary N) is 1. The maximum absolute atomic E-state index is 13.4. The Balaban J connectivity index is 1.84. The minimum atomic E-state index is -0.243. The molecule has 5 rings (SSSR count). The smallest absolute Gasteiger partial charge is 0.155 e. The summed E-state index contributed by atoms with van der Waals surface area (Å²) in [7, 11) is 0. The number of aryl methyl sites for hydroxylation is 1. The lowest BCUT2D eigenvalue weighted by atomic mass is 9.96. The number of rotatable bonds is 2. The average molecular weight is 347 g/mol. The molecule has 4 heterocycles. The van der Waals surface area contributed by atoms with Gasteiger partial charge in [0, 0.05) is 39.5 Å². The van der Waals surface area contributed by atoms with E-state index in [1.54, 1.807) is 12.1 Å². The summed E-state index contributed by atoms with van der Waals surface area (Å²) in [5.74, 6) is -0.243. The molecular weight excluding hydrogens is 329 g/mol. The van der Waals surface area contributed by atoms with E-state index in [0.29, 0.717) is 6.04 Å². The third kappa shape index (κ3) is 2.18. The van der Waals surface area contributed by atoms with E-state index in [-0.39, 0.29) is 5.82 Å². The van der Waals surface area contributed by atoms with Crippen molar-refractivity contribution in [2.24, 2.45) is 0 Å². The van der Waals surface area contributed by atoms with Gasteiger partial charge in [0.05, 0.1) is 6.20 Å². The van der Waals surface area contributed by atoms with Gasteiger partial charge < -0.3 is 0 Å². The summed E-state index contributed by atoms with van der Waals surface area (Å²) < 4.78 is 15.5. The van der Waals surface area contributed by atoms with E-state index in [2.05, 4.69) is 32.9 Å². The van der Waals surface area contributed by atoms with Crippen molar-refractivity contribution in [2.45, 2.75) is 32.7 Å². The molecule has 6 heteroatoms. The summed E-state index contributed by atoms with van der Waals surface area (Å²) in [5, 5.41) is 13.0. The summed E-state index contributed by atoms with van der Waals surface area (Å²) in [6, 6.07) is 9.01. The quantitative estimate of drug-likeness (QED) is 0.583. The van der Waals surface area contributed by atoms with E-state index in [1.165, 1.54) is 17.8 Å². The lowest BCUT2D eigenvalue weighted by molar-refractivity contribution is 0.523. The highest BCUT2D eigenvalue weighted by molar-refractivity contribution is 5.97. The van der Waals surface area contributed by atoms with Gasteiger partial charge in [-0.2, -0.15) is 10.2 Å². The Morgan fingerprint density at radius 3 is 2.85 bits per heavy atom. The zero-order valence-electron chi connectivity index (χ0n) is 14.6. The zero-order valence-corrected chi connectivity index (χ0v) is 14.6. The Kier molecular flexibility index (Phi) is 3.22. The number of fused-ring (bicyclic) bond motifs is 2. The predicted molar refractivity (Wildman–Crippen MR) is 98.3 cm³/mol. The average Bonchev–Trinajstić information content (AvgIpc) is 3.31. The first-order chi connectivity index (χ1) is 12.6. The van der Waals surface area contributed by atoms with Crippen molar-refractivity contribution in [1.29, 1.82) is 0 Å². The molecule has 5 nitrogen and oxygen atoms in total.